The van der Waals surface area contributed by atoms with E-state index in [1.54, 1.807) is 18.2 Å². The predicted molar refractivity (Wildman–Crippen MR) is 60.6 cm³/mol. The second kappa shape index (κ2) is 4.73. The van der Waals surface area contributed by atoms with Crippen LogP contribution in [0.2, 0.25) is 0 Å². The molecule has 2 aromatic rings. The number of nitrogens with one attached hydrogen (secondary N) is 1. The van der Waals surface area contributed by atoms with Gasteiger partial charge in [-0.25, -0.2) is 0 Å². The van der Waals surface area contributed by atoms with Crippen LogP contribution < -0.4 is 5.32 Å². The summed E-state index contributed by atoms with van der Waals surface area (Å²) in [5.74, 6) is 0.279. The van der Waals surface area contributed by atoms with Crippen LogP contribution >= 0.6 is 0 Å². The summed E-state index contributed by atoms with van der Waals surface area (Å²) in [5, 5.41) is 13.9. The zero-order chi connectivity index (χ0) is 12.3. The Kier molecular flexibility index (Phi) is 3.13. The fraction of sp³-hybridized carbons (Fsp3) is 0.273. The molecule has 0 aliphatic heterocycles. The minimum Gasteiger partial charge on any atom is -0.363 e. The van der Waals surface area contributed by atoms with E-state index < -0.39 is 0 Å². The molecule has 2 rings (SSSR count). The Bertz CT molecular complexity index is 491. The number of rotatable bonds is 3. The van der Waals surface area contributed by atoms with Crippen molar-refractivity contribution in [2.24, 2.45) is 0 Å². The highest BCUT2D eigenvalue weighted by atomic mass is 16.5. The Morgan fingerprint density at radius 2 is 2.12 bits per heavy atom. The largest absolute Gasteiger partial charge is 0.363 e. The Morgan fingerprint density at radius 1 is 1.29 bits per heavy atom. The first kappa shape index (κ1) is 11.3. The zero-order valence-corrected chi connectivity index (χ0v) is 9.54. The lowest BCUT2D eigenvalue weighted by Gasteiger charge is -2.04. The van der Waals surface area contributed by atoms with Crippen molar-refractivity contribution in [3.63, 3.8) is 0 Å². The van der Waals surface area contributed by atoms with Crippen molar-refractivity contribution < 1.29 is 9.32 Å². The minimum absolute atomic E-state index is 0.248. The van der Waals surface area contributed by atoms with Gasteiger partial charge in [-0.05, 0) is 18.1 Å². The number of hydrogen-bond donors (Lipinski definition) is 1. The van der Waals surface area contributed by atoms with Gasteiger partial charge in [-0.15, -0.1) is 5.10 Å². The summed E-state index contributed by atoms with van der Waals surface area (Å²) >= 11 is 0. The van der Waals surface area contributed by atoms with Crippen molar-refractivity contribution in [3.05, 3.63) is 35.9 Å². The highest BCUT2D eigenvalue weighted by Crippen LogP contribution is 2.10. The van der Waals surface area contributed by atoms with Gasteiger partial charge in [0.2, 0.25) is 0 Å². The first-order chi connectivity index (χ1) is 8.16. The first-order valence-electron chi connectivity index (χ1n) is 5.22. The highest BCUT2D eigenvalue weighted by Gasteiger charge is 2.10. The van der Waals surface area contributed by atoms with Crippen molar-refractivity contribution in [1.82, 2.24) is 15.4 Å². The molecule has 17 heavy (non-hydrogen) atoms. The van der Waals surface area contributed by atoms with E-state index in [9.17, 15) is 4.79 Å². The summed E-state index contributed by atoms with van der Waals surface area (Å²) < 4.78 is 4.60. The molecule has 0 unspecified atom stereocenters. The van der Waals surface area contributed by atoms with Gasteiger partial charge < -0.3 is 9.84 Å². The monoisotopic (exact) mass is 232 g/mol. The van der Waals surface area contributed by atoms with Crippen LogP contribution in [-0.2, 0) is 0 Å². The molecule has 1 N–H and O–H groups in total. The van der Waals surface area contributed by atoms with Crippen LogP contribution in [0.25, 0.3) is 0 Å². The third-order valence-corrected chi connectivity index (χ3v) is 2.19. The third-order valence-electron chi connectivity index (χ3n) is 2.19. The highest BCUT2D eigenvalue weighted by molar-refractivity contribution is 6.02. The van der Waals surface area contributed by atoms with Crippen LogP contribution in [0.5, 0.6) is 0 Å². The quantitative estimate of drug-likeness (QED) is 0.873. The van der Waals surface area contributed by atoms with Gasteiger partial charge in [0.05, 0.1) is 5.69 Å². The summed E-state index contributed by atoms with van der Waals surface area (Å²) in [7, 11) is 0. The smallest absolute Gasteiger partial charge is 0.277 e. The van der Waals surface area contributed by atoms with Crippen LogP contribution in [0.4, 0.5) is 5.82 Å². The second-order valence-electron chi connectivity index (χ2n) is 3.84. The van der Waals surface area contributed by atoms with E-state index in [-0.39, 0.29) is 17.5 Å². The maximum absolute atomic E-state index is 11.7. The molecule has 0 aliphatic carbocycles. The summed E-state index contributed by atoms with van der Waals surface area (Å²) in [6, 6.07) is 4.97. The third kappa shape index (κ3) is 2.66. The molecule has 2 heterocycles. The van der Waals surface area contributed by atoms with Crippen molar-refractivity contribution >= 4 is 11.7 Å². The molecule has 0 saturated carbocycles. The van der Waals surface area contributed by atoms with Gasteiger partial charge in [0.15, 0.2) is 11.5 Å². The summed E-state index contributed by atoms with van der Waals surface area (Å²) in [4.78, 5) is 11.7. The van der Waals surface area contributed by atoms with Gasteiger partial charge in [-0.1, -0.05) is 19.0 Å². The Labute approximate surface area is 98.0 Å². The molecule has 88 valence electrons. The second-order valence-corrected chi connectivity index (χ2v) is 3.84. The van der Waals surface area contributed by atoms with Gasteiger partial charge in [-0.2, -0.15) is 5.10 Å². The molecule has 0 atom stereocenters. The van der Waals surface area contributed by atoms with Gasteiger partial charge in [0.1, 0.15) is 6.26 Å². The molecule has 0 radical (unpaired) electrons. The standard InChI is InChI=1S/C11H12N4O2/c1-7(2)8-3-4-9(14-13-8)11(16)12-10-5-6-17-15-10/h3-7H,1-2H3,(H,12,15,16). The SMILES string of the molecule is CC(C)c1ccc(C(=O)Nc2ccon2)nn1. The normalized spacial score (nSPS) is 10.5. The van der Waals surface area contributed by atoms with E-state index in [2.05, 4.69) is 25.2 Å². The average Bonchev–Trinajstić information content (AvgIpc) is 2.82. The summed E-state index contributed by atoms with van der Waals surface area (Å²) in [5.41, 5.74) is 1.10. The van der Waals surface area contributed by atoms with Crippen LogP contribution in [-0.4, -0.2) is 21.3 Å². The van der Waals surface area contributed by atoms with Gasteiger partial charge in [0, 0.05) is 6.07 Å². The molecule has 0 aromatic carbocycles. The number of anilines is 1. The van der Waals surface area contributed by atoms with Crippen LogP contribution in [0.1, 0.15) is 35.9 Å². The predicted octanol–water partition coefficient (Wildman–Crippen LogP) is 1.84. The lowest BCUT2D eigenvalue weighted by Crippen LogP contribution is -2.15. The maximum Gasteiger partial charge on any atom is 0.277 e. The fourth-order valence-corrected chi connectivity index (χ4v) is 1.23. The molecule has 0 saturated heterocycles. The van der Waals surface area contributed by atoms with E-state index in [0.29, 0.717) is 5.82 Å². The van der Waals surface area contributed by atoms with Crippen LogP contribution in [0, 0.1) is 0 Å². The molecule has 0 aliphatic rings. The molecule has 1 amide bonds. The number of nitrogens with zero attached hydrogens (tertiary/aromatic N) is 3. The number of aromatic nitrogens is 3. The molecule has 6 nitrogen and oxygen atoms in total. The molecular formula is C11H12N4O2. The first-order valence-corrected chi connectivity index (χ1v) is 5.22. The molecular weight excluding hydrogens is 220 g/mol. The topological polar surface area (TPSA) is 80.9 Å². The van der Waals surface area contributed by atoms with E-state index in [1.807, 2.05) is 13.8 Å². The van der Waals surface area contributed by atoms with E-state index >= 15 is 0 Å². The summed E-state index contributed by atoms with van der Waals surface area (Å²) in [6.07, 6.45) is 1.38. The lowest BCUT2D eigenvalue weighted by molar-refractivity contribution is 0.102. The van der Waals surface area contributed by atoms with Crippen LogP contribution in [0.3, 0.4) is 0 Å². The number of carbonyl (C=O) groups excluding carboxylic acids is 1. The van der Waals surface area contributed by atoms with E-state index in [1.165, 1.54) is 6.26 Å². The molecule has 6 heteroatoms. The Morgan fingerprint density at radius 3 is 2.65 bits per heavy atom. The van der Waals surface area contributed by atoms with Gasteiger partial charge >= 0.3 is 0 Å². The van der Waals surface area contributed by atoms with Crippen molar-refractivity contribution in [2.45, 2.75) is 19.8 Å². The number of hydrogen-bond acceptors (Lipinski definition) is 5. The fourth-order valence-electron chi connectivity index (χ4n) is 1.23. The van der Waals surface area contributed by atoms with Crippen molar-refractivity contribution in [1.29, 1.82) is 0 Å². The summed E-state index contributed by atoms with van der Waals surface area (Å²) in [6.45, 7) is 4.03. The molecule has 0 fully saturated rings. The van der Waals surface area contributed by atoms with Crippen molar-refractivity contribution in [3.8, 4) is 0 Å². The minimum atomic E-state index is -0.360. The number of amides is 1. The van der Waals surface area contributed by atoms with E-state index in [0.717, 1.165) is 5.69 Å². The van der Waals surface area contributed by atoms with Crippen LogP contribution in [0.15, 0.2) is 29.0 Å². The van der Waals surface area contributed by atoms with Gasteiger partial charge in [-0.3, -0.25) is 4.79 Å². The Balaban J connectivity index is 2.09. The Hall–Kier alpha value is -2.24. The molecule has 0 bridgehead atoms. The maximum atomic E-state index is 11.7. The lowest BCUT2D eigenvalue weighted by atomic mass is 10.1. The average molecular weight is 232 g/mol. The molecule has 0 spiro atoms. The van der Waals surface area contributed by atoms with E-state index in [4.69, 9.17) is 0 Å². The van der Waals surface area contributed by atoms with Gasteiger partial charge in [0.25, 0.3) is 5.91 Å². The van der Waals surface area contributed by atoms with Crippen molar-refractivity contribution in [2.75, 3.05) is 5.32 Å². The number of carbonyl (C=O) groups is 1. The zero-order valence-electron chi connectivity index (χ0n) is 9.54. The molecule has 2 aromatic heterocycles.